The molecule has 0 spiro atoms. The van der Waals surface area contributed by atoms with Gasteiger partial charge in [0.25, 0.3) is 5.91 Å². The SMILES string of the molecule is O=C(COC(=O)c1ccccn1)Nc1cc(C(F)(F)F)ccc1-n1cncn1. The molecule has 1 aromatic carbocycles. The summed E-state index contributed by atoms with van der Waals surface area (Å²) < 4.78 is 45.0. The summed E-state index contributed by atoms with van der Waals surface area (Å²) in [5.41, 5.74) is -0.969. The van der Waals surface area contributed by atoms with E-state index in [1.54, 1.807) is 12.1 Å². The van der Waals surface area contributed by atoms with Crippen molar-refractivity contribution in [1.29, 1.82) is 0 Å². The normalized spacial score (nSPS) is 11.1. The van der Waals surface area contributed by atoms with Crippen LogP contribution in [0.2, 0.25) is 0 Å². The third-order valence-electron chi connectivity index (χ3n) is 3.47. The van der Waals surface area contributed by atoms with Crippen molar-refractivity contribution in [1.82, 2.24) is 19.7 Å². The number of carbonyl (C=O) groups excluding carboxylic acids is 2. The van der Waals surface area contributed by atoms with Crippen molar-refractivity contribution in [2.75, 3.05) is 11.9 Å². The Morgan fingerprint density at radius 3 is 2.64 bits per heavy atom. The van der Waals surface area contributed by atoms with E-state index in [1.807, 2.05) is 0 Å². The average Bonchev–Trinajstić information content (AvgIpc) is 3.20. The lowest BCUT2D eigenvalue weighted by Crippen LogP contribution is -2.22. The van der Waals surface area contributed by atoms with E-state index in [0.717, 1.165) is 18.2 Å². The van der Waals surface area contributed by atoms with E-state index in [9.17, 15) is 22.8 Å². The number of carbonyl (C=O) groups is 2. The number of esters is 1. The summed E-state index contributed by atoms with van der Waals surface area (Å²) in [6, 6.07) is 7.33. The van der Waals surface area contributed by atoms with E-state index in [2.05, 4.69) is 20.4 Å². The minimum Gasteiger partial charge on any atom is -0.451 e. The molecule has 0 unspecified atom stereocenters. The van der Waals surface area contributed by atoms with E-state index in [-0.39, 0.29) is 17.1 Å². The molecule has 8 nitrogen and oxygen atoms in total. The van der Waals surface area contributed by atoms with Crippen molar-refractivity contribution in [2.45, 2.75) is 6.18 Å². The molecule has 0 aliphatic rings. The Morgan fingerprint density at radius 2 is 2.00 bits per heavy atom. The molecule has 0 radical (unpaired) electrons. The van der Waals surface area contributed by atoms with Crippen molar-refractivity contribution >= 4 is 17.6 Å². The first-order chi connectivity index (χ1) is 13.3. The smallest absolute Gasteiger partial charge is 0.416 e. The molecule has 1 N–H and O–H groups in total. The van der Waals surface area contributed by atoms with Gasteiger partial charge in [0.2, 0.25) is 0 Å². The lowest BCUT2D eigenvalue weighted by molar-refractivity contribution is -0.137. The fourth-order valence-corrected chi connectivity index (χ4v) is 2.22. The molecule has 0 fully saturated rings. The number of aromatic nitrogens is 4. The number of anilines is 1. The van der Waals surface area contributed by atoms with Gasteiger partial charge >= 0.3 is 12.1 Å². The van der Waals surface area contributed by atoms with Crippen LogP contribution in [0.4, 0.5) is 18.9 Å². The number of ether oxygens (including phenoxy) is 1. The molecule has 1 amide bonds. The van der Waals surface area contributed by atoms with Crippen LogP contribution >= 0.6 is 0 Å². The number of hydrogen-bond acceptors (Lipinski definition) is 6. The van der Waals surface area contributed by atoms with Crippen molar-refractivity contribution in [3.63, 3.8) is 0 Å². The van der Waals surface area contributed by atoms with Gasteiger partial charge < -0.3 is 10.1 Å². The van der Waals surface area contributed by atoms with Gasteiger partial charge in [0.05, 0.1) is 16.9 Å². The second kappa shape index (κ2) is 7.86. The van der Waals surface area contributed by atoms with Gasteiger partial charge in [-0.2, -0.15) is 18.3 Å². The zero-order chi connectivity index (χ0) is 20.1. The standard InChI is InChI=1S/C17H12F3N5O3/c18-17(19,20)11-4-5-14(25-10-21-9-23-25)13(7-11)24-15(26)8-28-16(27)12-3-1-2-6-22-12/h1-7,9-10H,8H2,(H,24,26). The van der Waals surface area contributed by atoms with Crippen molar-refractivity contribution in [3.8, 4) is 5.69 Å². The summed E-state index contributed by atoms with van der Waals surface area (Å²) in [5.74, 6) is -1.67. The first-order valence-electron chi connectivity index (χ1n) is 7.79. The van der Waals surface area contributed by atoms with Crippen LogP contribution in [0.1, 0.15) is 16.1 Å². The Morgan fingerprint density at radius 1 is 1.18 bits per heavy atom. The summed E-state index contributed by atoms with van der Waals surface area (Å²) in [6.45, 7) is -0.706. The third-order valence-corrected chi connectivity index (χ3v) is 3.47. The van der Waals surface area contributed by atoms with Gasteiger partial charge in [-0.15, -0.1) is 0 Å². The monoisotopic (exact) mass is 391 g/mol. The molecule has 3 rings (SSSR count). The predicted molar refractivity (Wildman–Crippen MR) is 89.5 cm³/mol. The predicted octanol–water partition coefficient (Wildman–Crippen LogP) is 2.48. The van der Waals surface area contributed by atoms with Crippen LogP contribution in [-0.2, 0) is 15.7 Å². The van der Waals surface area contributed by atoms with Crippen LogP contribution in [0.15, 0.2) is 55.2 Å². The highest BCUT2D eigenvalue weighted by atomic mass is 19.4. The Kier molecular flexibility index (Phi) is 5.34. The lowest BCUT2D eigenvalue weighted by Gasteiger charge is -2.14. The molecule has 0 bridgehead atoms. The van der Waals surface area contributed by atoms with Crippen LogP contribution in [0.3, 0.4) is 0 Å². The van der Waals surface area contributed by atoms with E-state index in [0.29, 0.717) is 0 Å². The maximum absolute atomic E-state index is 13.0. The second-order valence-corrected chi connectivity index (χ2v) is 5.41. The van der Waals surface area contributed by atoms with E-state index in [4.69, 9.17) is 4.74 Å². The van der Waals surface area contributed by atoms with Gasteiger partial charge in [0.15, 0.2) is 6.61 Å². The molecule has 0 saturated heterocycles. The molecule has 3 aromatic rings. The average molecular weight is 391 g/mol. The first-order valence-corrected chi connectivity index (χ1v) is 7.79. The molecular formula is C17H12F3N5O3. The number of rotatable bonds is 5. The Balaban J connectivity index is 1.76. The highest BCUT2D eigenvalue weighted by molar-refractivity contribution is 5.96. The topological polar surface area (TPSA) is 99.0 Å². The summed E-state index contributed by atoms with van der Waals surface area (Å²) in [6.07, 6.45) is -0.771. The molecule has 144 valence electrons. The minimum atomic E-state index is -4.61. The molecule has 28 heavy (non-hydrogen) atoms. The molecule has 11 heteroatoms. The summed E-state index contributed by atoms with van der Waals surface area (Å²) >= 11 is 0. The highest BCUT2D eigenvalue weighted by Gasteiger charge is 2.31. The maximum atomic E-state index is 13.0. The van der Waals surface area contributed by atoms with Gasteiger partial charge in [-0.25, -0.2) is 19.4 Å². The van der Waals surface area contributed by atoms with Crippen LogP contribution < -0.4 is 5.32 Å². The third kappa shape index (κ3) is 4.50. The molecule has 0 saturated carbocycles. The van der Waals surface area contributed by atoms with Crippen LogP contribution in [0, 0.1) is 0 Å². The number of pyridine rings is 1. The van der Waals surface area contributed by atoms with Gasteiger partial charge in [-0.3, -0.25) is 4.79 Å². The Labute approximate surface area is 156 Å². The molecular weight excluding hydrogens is 379 g/mol. The quantitative estimate of drug-likeness (QED) is 0.671. The first kappa shape index (κ1) is 19.0. The van der Waals surface area contributed by atoms with Crippen LogP contribution in [0.25, 0.3) is 5.69 Å². The van der Waals surface area contributed by atoms with Gasteiger partial charge in [-0.05, 0) is 30.3 Å². The lowest BCUT2D eigenvalue weighted by atomic mass is 10.1. The van der Waals surface area contributed by atoms with Crippen LogP contribution in [0.5, 0.6) is 0 Å². The molecule has 0 aliphatic carbocycles. The number of hydrogen-bond donors (Lipinski definition) is 1. The molecule has 0 atom stereocenters. The number of amides is 1. The number of nitrogens with zero attached hydrogens (tertiary/aromatic N) is 4. The van der Waals surface area contributed by atoms with Gasteiger partial charge in [0.1, 0.15) is 18.3 Å². The van der Waals surface area contributed by atoms with Crippen molar-refractivity contribution in [2.24, 2.45) is 0 Å². The molecule has 2 heterocycles. The fraction of sp³-hybridized carbons (Fsp3) is 0.118. The van der Waals surface area contributed by atoms with Gasteiger partial charge in [-0.1, -0.05) is 6.07 Å². The summed E-state index contributed by atoms with van der Waals surface area (Å²) in [4.78, 5) is 31.4. The summed E-state index contributed by atoms with van der Waals surface area (Å²) in [7, 11) is 0. The van der Waals surface area contributed by atoms with E-state index in [1.165, 1.54) is 29.6 Å². The molecule has 2 aromatic heterocycles. The number of nitrogens with one attached hydrogen (secondary N) is 1. The Hall–Kier alpha value is -3.76. The fourth-order valence-electron chi connectivity index (χ4n) is 2.22. The summed E-state index contributed by atoms with van der Waals surface area (Å²) in [5, 5.41) is 6.13. The van der Waals surface area contributed by atoms with Crippen LogP contribution in [-0.4, -0.2) is 38.2 Å². The highest BCUT2D eigenvalue weighted by Crippen LogP contribution is 2.33. The van der Waals surface area contributed by atoms with Gasteiger partial charge in [0, 0.05) is 6.20 Å². The zero-order valence-electron chi connectivity index (χ0n) is 14.1. The van der Waals surface area contributed by atoms with E-state index < -0.39 is 30.2 Å². The van der Waals surface area contributed by atoms with Crippen molar-refractivity contribution in [3.05, 3.63) is 66.5 Å². The maximum Gasteiger partial charge on any atom is 0.416 e. The zero-order valence-corrected chi connectivity index (χ0v) is 14.1. The number of halogens is 3. The second-order valence-electron chi connectivity index (χ2n) is 5.41. The minimum absolute atomic E-state index is 0.00215. The van der Waals surface area contributed by atoms with E-state index >= 15 is 0 Å². The van der Waals surface area contributed by atoms with Crippen molar-refractivity contribution < 1.29 is 27.5 Å². The molecule has 0 aliphatic heterocycles. The Bertz CT molecular complexity index is 975. The number of benzene rings is 1. The largest absolute Gasteiger partial charge is 0.451 e. The number of alkyl halides is 3.